The average molecular weight is 316 g/mol. The van der Waals surface area contributed by atoms with Crippen LogP contribution in [-0.2, 0) is 11.5 Å². The molecule has 2 heterocycles. The summed E-state index contributed by atoms with van der Waals surface area (Å²) in [6.07, 6.45) is 7.56. The van der Waals surface area contributed by atoms with Gasteiger partial charge in [0.15, 0.2) is 0 Å². The van der Waals surface area contributed by atoms with E-state index in [4.69, 9.17) is 0 Å². The van der Waals surface area contributed by atoms with Gasteiger partial charge < -0.3 is 5.53 Å². The first kappa shape index (κ1) is 15.8. The third-order valence-electron chi connectivity index (χ3n) is 2.86. The van der Waals surface area contributed by atoms with E-state index in [0.717, 1.165) is 34.0 Å². The van der Waals surface area contributed by atoms with Gasteiger partial charge >= 0.3 is 5.71 Å². The van der Waals surface area contributed by atoms with Gasteiger partial charge in [-0.2, -0.15) is 28.3 Å². The smallest absolute Gasteiger partial charge is 0.329 e. The van der Waals surface area contributed by atoms with Gasteiger partial charge in [-0.1, -0.05) is 0 Å². The number of hydrogen-bond donors (Lipinski definition) is 0. The van der Waals surface area contributed by atoms with Gasteiger partial charge in [0.25, 0.3) is 0 Å². The zero-order valence-electron chi connectivity index (χ0n) is 12.0. The predicted octanol–water partition coefficient (Wildman–Crippen LogP) is 3.27. The molecule has 2 rings (SSSR count). The largest absolute Gasteiger partial charge is 0.361 e. The Morgan fingerprint density at radius 3 is 1.86 bits per heavy atom. The second kappa shape index (κ2) is 7.98. The quantitative estimate of drug-likeness (QED) is 0.466. The Labute approximate surface area is 133 Å². The van der Waals surface area contributed by atoms with Crippen molar-refractivity contribution in [3.8, 4) is 0 Å². The van der Waals surface area contributed by atoms with E-state index in [-0.39, 0.29) is 0 Å². The number of rotatable bonds is 6. The molecule has 6 heteroatoms. The van der Waals surface area contributed by atoms with Crippen molar-refractivity contribution in [3.63, 3.8) is 0 Å². The zero-order chi connectivity index (χ0) is 15.1. The van der Waals surface area contributed by atoms with Crippen LogP contribution in [0.2, 0.25) is 0 Å². The molecule has 0 aliphatic heterocycles. The Balaban J connectivity index is 2.38. The molecule has 0 unspecified atom stereocenters. The van der Waals surface area contributed by atoms with Crippen LogP contribution in [0.25, 0.3) is 5.53 Å². The van der Waals surface area contributed by atoms with Crippen LogP contribution in [0.5, 0.6) is 0 Å². The number of aromatic nitrogens is 2. The van der Waals surface area contributed by atoms with Crippen LogP contribution < -0.4 is 0 Å². The lowest BCUT2D eigenvalue weighted by molar-refractivity contribution is -0.00281. The minimum atomic E-state index is 0.546. The molecule has 0 N–H and O–H groups in total. The fourth-order valence-electron chi connectivity index (χ4n) is 1.99. The van der Waals surface area contributed by atoms with Gasteiger partial charge in [-0.25, -0.2) is 0 Å². The Morgan fingerprint density at radius 1 is 1.00 bits per heavy atom. The number of thioether (sulfide) groups is 2. The van der Waals surface area contributed by atoms with Crippen molar-refractivity contribution < 1.29 is 4.79 Å². The maximum absolute atomic E-state index is 9.41. The van der Waals surface area contributed by atoms with Crippen LogP contribution in [0, 0.1) is 0 Å². The standard InChI is InChI=1S/C15H16N4S2/c1-20-9-13-7-11(3-5-17-13)15(19-16)12-4-6-18-14(8-12)10-21-2/h3-8H,9-10H2,1-2H3. The van der Waals surface area contributed by atoms with E-state index >= 15 is 0 Å². The van der Waals surface area contributed by atoms with Crippen LogP contribution in [0.15, 0.2) is 36.7 Å². The van der Waals surface area contributed by atoms with Crippen LogP contribution in [0.1, 0.15) is 22.5 Å². The Hall–Kier alpha value is -1.62. The molecule has 0 saturated heterocycles. The van der Waals surface area contributed by atoms with E-state index < -0.39 is 0 Å². The normalized spacial score (nSPS) is 10.2. The molecule has 2 aromatic heterocycles. The highest BCUT2D eigenvalue weighted by molar-refractivity contribution is 7.98. The Bertz CT molecular complexity index is 615. The first-order valence-electron chi connectivity index (χ1n) is 6.39. The molecule has 21 heavy (non-hydrogen) atoms. The molecule has 0 fully saturated rings. The maximum atomic E-state index is 9.41. The molecule has 0 aliphatic carbocycles. The van der Waals surface area contributed by atoms with E-state index in [1.54, 1.807) is 35.9 Å². The highest BCUT2D eigenvalue weighted by atomic mass is 32.2. The van der Waals surface area contributed by atoms with Gasteiger partial charge in [0.1, 0.15) is 0 Å². The fourth-order valence-corrected chi connectivity index (χ4v) is 2.89. The highest BCUT2D eigenvalue weighted by Crippen LogP contribution is 2.14. The molecule has 108 valence electrons. The van der Waals surface area contributed by atoms with E-state index in [1.165, 1.54) is 0 Å². The fraction of sp³-hybridized carbons (Fsp3) is 0.267. The lowest BCUT2D eigenvalue weighted by Crippen LogP contribution is -2.07. The van der Waals surface area contributed by atoms with Crippen LogP contribution >= 0.6 is 23.5 Å². The Morgan fingerprint density at radius 2 is 1.48 bits per heavy atom. The molecule has 0 bridgehead atoms. The lowest BCUT2D eigenvalue weighted by Gasteiger charge is -2.02. The summed E-state index contributed by atoms with van der Waals surface area (Å²) in [7, 11) is 0. The maximum Gasteiger partial charge on any atom is 0.329 e. The van der Waals surface area contributed by atoms with Crippen molar-refractivity contribution in [1.29, 1.82) is 0 Å². The van der Waals surface area contributed by atoms with Gasteiger partial charge in [-0.05, 0) is 36.8 Å². The van der Waals surface area contributed by atoms with Gasteiger partial charge in [-0.3, -0.25) is 9.97 Å². The van der Waals surface area contributed by atoms with Crippen LogP contribution in [0.3, 0.4) is 0 Å². The first-order chi connectivity index (χ1) is 10.3. The van der Waals surface area contributed by atoms with Crippen molar-refractivity contribution in [2.45, 2.75) is 11.5 Å². The molecule has 2 aromatic rings. The van der Waals surface area contributed by atoms with Gasteiger partial charge in [-0.15, -0.1) is 0 Å². The third kappa shape index (κ3) is 4.17. The molecule has 0 atom stereocenters. The average Bonchev–Trinajstić information content (AvgIpc) is 2.50. The van der Waals surface area contributed by atoms with E-state index in [1.807, 2.05) is 36.8 Å². The van der Waals surface area contributed by atoms with Crippen molar-refractivity contribution in [2.75, 3.05) is 12.5 Å². The van der Waals surface area contributed by atoms with Crippen molar-refractivity contribution in [2.24, 2.45) is 0 Å². The van der Waals surface area contributed by atoms with E-state index in [0.29, 0.717) is 5.71 Å². The second-order valence-electron chi connectivity index (χ2n) is 4.39. The molecule has 0 saturated carbocycles. The van der Waals surface area contributed by atoms with Gasteiger partial charge in [0, 0.05) is 23.9 Å². The molecular formula is C15H16N4S2. The Kier molecular flexibility index (Phi) is 5.99. The summed E-state index contributed by atoms with van der Waals surface area (Å²) in [5.74, 6) is 1.67. The van der Waals surface area contributed by atoms with Gasteiger partial charge in [0.2, 0.25) is 0 Å². The van der Waals surface area contributed by atoms with Gasteiger partial charge in [0.05, 0.1) is 22.5 Å². The first-order valence-corrected chi connectivity index (χ1v) is 9.17. The molecule has 0 spiro atoms. The molecule has 0 radical (unpaired) electrons. The topological polar surface area (TPSA) is 62.2 Å². The molecule has 0 aromatic carbocycles. The number of hydrogen-bond acceptors (Lipinski definition) is 4. The predicted molar refractivity (Wildman–Crippen MR) is 89.7 cm³/mol. The summed E-state index contributed by atoms with van der Waals surface area (Å²) in [5.41, 5.74) is 13.6. The van der Waals surface area contributed by atoms with Crippen molar-refractivity contribution in [1.82, 2.24) is 9.97 Å². The molecular weight excluding hydrogens is 300 g/mol. The lowest BCUT2D eigenvalue weighted by atomic mass is 10.0. The summed E-state index contributed by atoms with van der Waals surface area (Å²) in [5, 5.41) is 0. The summed E-state index contributed by atoms with van der Waals surface area (Å²) in [6, 6.07) is 7.63. The SMILES string of the molecule is CSCc1cc(C(=[N+]=[N-])c2ccnc(CSC)c2)ccn1. The minimum Gasteiger partial charge on any atom is -0.361 e. The summed E-state index contributed by atoms with van der Waals surface area (Å²) < 4.78 is 0. The third-order valence-corrected chi connectivity index (χ3v) is 4.03. The van der Waals surface area contributed by atoms with Crippen LogP contribution in [0.4, 0.5) is 0 Å². The van der Waals surface area contributed by atoms with Crippen molar-refractivity contribution in [3.05, 3.63) is 64.7 Å². The number of pyridine rings is 2. The minimum absolute atomic E-state index is 0.546. The monoisotopic (exact) mass is 316 g/mol. The molecule has 0 amide bonds. The van der Waals surface area contributed by atoms with E-state index in [2.05, 4.69) is 14.8 Å². The summed E-state index contributed by atoms with van der Waals surface area (Å²) in [4.78, 5) is 12.1. The van der Waals surface area contributed by atoms with Crippen LogP contribution in [-0.4, -0.2) is 33.0 Å². The van der Waals surface area contributed by atoms with E-state index in [9.17, 15) is 5.53 Å². The molecule has 4 nitrogen and oxygen atoms in total. The highest BCUT2D eigenvalue weighted by Gasteiger charge is 2.16. The second-order valence-corrected chi connectivity index (χ2v) is 6.12. The number of nitrogens with zero attached hydrogens (tertiary/aromatic N) is 4. The molecule has 0 aliphatic rings. The summed E-state index contributed by atoms with van der Waals surface area (Å²) in [6.45, 7) is 0. The summed E-state index contributed by atoms with van der Waals surface area (Å²) >= 11 is 3.42. The zero-order valence-corrected chi connectivity index (χ0v) is 13.6. The van der Waals surface area contributed by atoms with Crippen molar-refractivity contribution >= 4 is 29.2 Å².